The fourth-order valence-electron chi connectivity index (χ4n) is 10.8. The summed E-state index contributed by atoms with van der Waals surface area (Å²) in [4.78, 5) is 78.6. The summed E-state index contributed by atoms with van der Waals surface area (Å²) >= 11 is 0. The number of unbranched alkanes of at least 4 members (excludes halogenated alkanes) is 5. The molecule has 19 heteroatoms. The fourth-order valence-corrected chi connectivity index (χ4v) is 10.8. The molecule has 6 atom stereocenters. The molecule has 0 radical (unpaired) electrons. The van der Waals surface area contributed by atoms with E-state index in [2.05, 4.69) is 36.5 Å². The molecule has 412 valence electrons. The third-order valence-electron chi connectivity index (χ3n) is 15.2. The maximum atomic E-state index is 14.8. The number of carbonyl (C=O) groups is 5. The van der Waals surface area contributed by atoms with Crippen LogP contribution in [0.2, 0.25) is 0 Å². The first kappa shape index (κ1) is 57.1. The number of ether oxygens (including phenoxy) is 1. The van der Waals surface area contributed by atoms with Crippen molar-refractivity contribution in [1.29, 1.82) is 0 Å². The van der Waals surface area contributed by atoms with Gasteiger partial charge in [-0.2, -0.15) is 5.10 Å². The summed E-state index contributed by atoms with van der Waals surface area (Å²) in [5, 5.41) is 20.7. The van der Waals surface area contributed by atoms with Gasteiger partial charge in [0.25, 0.3) is 5.91 Å². The number of nitrogens with zero attached hydrogens (tertiary/aromatic N) is 6. The Kier molecular flexibility index (Phi) is 19.5. The average Bonchev–Trinajstić information content (AvgIpc) is 4.16. The van der Waals surface area contributed by atoms with Gasteiger partial charge in [-0.1, -0.05) is 83.7 Å². The predicted molar refractivity (Wildman–Crippen MR) is 293 cm³/mol. The summed E-state index contributed by atoms with van der Waals surface area (Å²) in [5.41, 5.74) is 10.6. The largest absolute Gasteiger partial charge is 0.481 e. The Morgan fingerprint density at radius 1 is 0.974 bits per heavy atom. The molecule has 2 fully saturated rings. The number of pyridine rings is 1. The molecular formula is C57H81FN12O6. The van der Waals surface area contributed by atoms with Crippen LogP contribution >= 0.6 is 0 Å². The number of likely N-dealkylation sites (tertiary alicyclic amines) is 1. The predicted octanol–water partition coefficient (Wildman–Crippen LogP) is 6.41. The van der Waals surface area contributed by atoms with Crippen molar-refractivity contribution in [2.75, 3.05) is 58.0 Å². The number of halogens is 1. The summed E-state index contributed by atoms with van der Waals surface area (Å²) < 4.78 is 22.4. The van der Waals surface area contributed by atoms with E-state index in [-0.39, 0.29) is 54.2 Å². The van der Waals surface area contributed by atoms with Crippen molar-refractivity contribution in [3.63, 3.8) is 0 Å². The summed E-state index contributed by atoms with van der Waals surface area (Å²) in [5.74, 6) is -0.654. The van der Waals surface area contributed by atoms with E-state index in [0.29, 0.717) is 85.2 Å². The Balaban J connectivity index is 0.881. The smallest absolute Gasteiger partial charge is 0.254 e. The molecule has 2 saturated heterocycles. The van der Waals surface area contributed by atoms with E-state index in [1.807, 2.05) is 64.1 Å². The van der Waals surface area contributed by atoms with E-state index in [1.54, 1.807) is 54.9 Å². The molecule has 2 aromatic carbocycles. The van der Waals surface area contributed by atoms with Gasteiger partial charge in [0.15, 0.2) is 0 Å². The molecule has 2 aromatic heterocycles. The Morgan fingerprint density at radius 3 is 2.42 bits per heavy atom. The molecular weight excluding hydrogens is 968 g/mol. The van der Waals surface area contributed by atoms with Crippen LogP contribution < -0.4 is 42.0 Å². The molecule has 7 rings (SSSR count). The molecule has 4 aromatic rings. The minimum absolute atomic E-state index is 0.0489. The number of benzene rings is 2. The second-order valence-electron chi connectivity index (χ2n) is 21.7. The second kappa shape index (κ2) is 26.0. The van der Waals surface area contributed by atoms with E-state index < -0.39 is 29.4 Å². The number of methoxy groups -OCH3 is 1. The molecule has 0 spiro atoms. The Hall–Kier alpha value is -6.60. The normalized spacial score (nSPS) is 18.6. The highest BCUT2D eigenvalue weighted by Gasteiger charge is 2.45. The molecule has 3 aliphatic rings. The van der Waals surface area contributed by atoms with Gasteiger partial charge in [-0.05, 0) is 99.8 Å². The molecule has 5 amide bonds. The maximum Gasteiger partial charge on any atom is 0.254 e. The van der Waals surface area contributed by atoms with E-state index in [4.69, 9.17) is 15.6 Å². The third-order valence-corrected chi connectivity index (χ3v) is 15.2. The number of hydrogen-bond donors (Lipinski definition) is 6. The van der Waals surface area contributed by atoms with Crippen LogP contribution in [-0.4, -0.2) is 126 Å². The number of amides is 5. The van der Waals surface area contributed by atoms with Crippen LogP contribution in [0.15, 0.2) is 60.8 Å². The van der Waals surface area contributed by atoms with E-state index in [0.717, 1.165) is 69.0 Å². The summed E-state index contributed by atoms with van der Waals surface area (Å²) in [6.45, 7) is 12.1. The zero-order valence-electron chi connectivity index (χ0n) is 45.8. The maximum absolute atomic E-state index is 14.8. The third kappa shape index (κ3) is 13.7. The van der Waals surface area contributed by atoms with Crippen LogP contribution in [0.3, 0.4) is 0 Å². The molecule has 18 nitrogen and oxygen atoms in total. The van der Waals surface area contributed by atoms with Gasteiger partial charge < -0.3 is 51.8 Å². The van der Waals surface area contributed by atoms with Crippen molar-refractivity contribution in [2.45, 2.75) is 155 Å². The number of nitrogens with one attached hydrogen (secondary N) is 5. The minimum Gasteiger partial charge on any atom is -0.481 e. The van der Waals surface area contributed by atoms with Gasteiger partial charge in [0.05, 0.1) is 55.3 Å². The number of carbonyl (C=O) groups excluding carboxylic acids is 5. The standard InChI is InChI=1S/C57H81FN12O6/c1-9-43(37-20-15-14-16-21-37)64-53(73)47-32-40(34-69(47)55(75)50(57(3,4)5)65-52(72)36(2)60-6)61-26-18-13-11-10-12-17-23-48(71)62-27-29-70-56(76-8)49-38-30-46(51(59)63-33-38)68-28-19-22-45(68)42-31-39(58)24-25-41(42)54(74)67(7)35-44(49)66-70/h14-16,20-21,24-25,30-31,33,36,40,43,45,47,50,60-61H,9-13,17-19,22-23,26-29,32,34-35H2,1-8H3,(H2,59,63)(H,62,71)(H,64,73)(H,65,72)/t36-,40-,43+,45-,47-,50?/m1/s1. The Bertz CT molecular complexity index is 2660. The molecule has 7 N–H and O–H groups in total. The molecule has 1 unspecified atom stereocenters. The molecule has 3 aliphatic heterocycles. The Morgan fingerprint density at radius 2 is 1.71 bits per heavy atom. The number of anilines is 2. The van der Waals surface area contributed by atoms with Crippen molar-refractivity contribution in [3.8, 4) is 17.0 Å². The quantitative estimate of drug-likeness (QED) is 0.0470. The van der Waals surface area contributed by atoms with Gasteiger partial charge in [-0.3, -0.25) is 24.0 Å². The lowest BCUT2D eigenvalue weighted by atomic mass is 9.85. The van der Waals surface area contributed by atoms with E-state index in [9.17, 15) is 28.4 Å². The van der Waals surface area contributed by atoms with Crippen LogP contribution in [0.25, 0.3) is 11.1 Å². The first-order chi connectivity index (χ1) is 36.4. The summed E-state index contributed by atoms with van der Waals surface area (Å²) in [7, 11) is 4.98. The van der Waals surface area contributed by atoms with Crippen LogP contribution in [0.5, 0.6) is 5.88 Å². The first-order valence-corrected chi connectivity index (χ1v) is 27.3. The van der Waals surface area contributed by atoms with Crippen LogP contribution in [0.1, 0.15) is 145 Å². The van der Waals surface area contributed by atoms with E-state index in [1.165, 1.54) is 12.1 Å². The van der Waals surface area contributed by atoms with Gasteiger partial charge in [-0.15, -0.1) is 0 Å². The van der Waals surface area contributed by atoms with Crippen molar-refractivity contribution in [2.24, 2.45) is 5.41 Å². The zero-order valence-corrected chi connectivity index (χ0v) is 45.8. The number of nitrogens with two attached hydrogens (primary N) is 1. The van der Waals surface area contributed by atoms with Gasteiger partial charge in [-0.25, -0.2) is 14.1 Å². The van der Waals surface area contributed by atoms with Gasteiger partial charge in [0.2, 0.25) is 29.5 Å². The van der Waals surface area contributed by atoms with Gasteiger partial charge >= 0.3 is 0 Å². The SMILES string of the molecule is CC[C@H](NC(=O)[C@H]1C[C@@H](NCCCCCCCCC(=O)NCCn2nc3c(c2OC)-c2cnc(N)c(c2)N2CCC[C@@H]2c2cc(F)ccc2C(=O)N(C)C3)CN1C(=O)C(NC(=O)[C@@H](C)NC)C(C)(C)C)c1ccccc1. The zero-order chi connectivity index (χ0) is 54.7. The van der Waals surface area contributed by atoms with E-state index >= 15 is 0 Å². The van der Waals surface area contributed by atoms with Gasteiger partial charge in [0, 0.05) is 56.5 Å². The fraction of sp³-hybridized carbons (Fsp3) is 0.561. The lowest BCUT2D eigenvalue weighted by molar-refractivity contribution is -0.144. The minimum atomic E-state index is -0.829. The Labute approximate surface area is 447 Å². The number of fused-ring (bicyclic) bond motifs is 8. The lowest BCUT2D eigenvalue weighted by Gasteiger charge is -2.36. The molecule has 76 heavy (non-hydrogen) atoms. The highest BCUT2D eigenvalue weighted by molar-refractivity contribution is 5.96. The highest BCUT2D eigenvalue weighted by atomic mass is 19.1. The summed E-state index contributed by atoms with van der Waals surface area (Å²) in [6, 6.07) is 13.6. The summed E-state index contributed by atoms with van der Waals surface area (Å²) in [6.07, 6.45) is 10.4. The molecule has 0 saturated carbocycles. The number of nitrogen functional groups attached to an aromatic ring is 1. The number of rotatable bonds is 22. The molecule has 0 aliphatic carbocycles. The monoisotopic (exact) mass is 1050 g/mol. The van der Waals surface area contributed by atoms with Crippen molar-refractivity contribution >= 4 is 41.0 Å². The topological polar surface area (TPSA) is 221 Å². The lowest BCUT2D eigenvalue weighted by Crippen LogP contribution is -2.59. The molecule has 5 heterocycles. The number of hydrogen-bond acceptors (Lipinski definition) is 12. The first-order valence-electron chi connectivity index (χ1n) is 27.3. The van der Waals surface area contributed by atoms with Crippen molar-refractivity contribution in [3.05, 3.63) is 89.0 Å². The number of likely N-dealkylation sites (N-methyl/N-ethyl adjacent to an activating group) is 1. The highest BCUT2D eigenvalue weighted by Crippen LogP contribution is 2.44. The van der Waals surface area contributed by atoms with Crippen molar-refractivity contribution in [1.82, 2.24) is 51.1 Å². The molecule has 2 bridgehead atoms. The number of aromatic nitrogens is 3. The van der Waals surface area contributed by atoms with Crippen LogP contribution in [0.4, 0.5) is 15.9 Å². The van der Waals surface area contributed by atoms with Crippen molar-refractivity contribution < 1.29 is 33.1 Å². The van der Waals surface area contributed by atoms with Crippen LogP contribution in [-0.2, 0) is 32.3 Å². The average molecular weight is 1050 g/mol. The second-order valence-corrected chi connectivity index (χ2v) is 21.7. The van der Waals surface area contributed by atoms with Crippen LogP contribution in [0, 0.1) is 11.2 Å². The van der Waals surface area contributed by atoms with Gasteiger partial charge in [0.1, 0.15) is 23.7 Å².